The predicted molar refractivity (Wildman–Crippen MR) is 54.2 cm³/mol. The van der Waals surface area contributed by atoms with Crippen molar-refractivity contribution in [1.82, 2.24) is 0 Å². The van der Waals surface area contributed by atoms with E-state index in [2.05, 4.69) is 0 Å². The van der Waals surface area contributed by atoms with Crippen LogP contribution < -0.4 is 5.73 Å². The summed E-state index contributed by atoms with van der Waals surface area (Å²) >= 11 is 0. The van der Waals surface area contributed by atoms with Gasteiger partial charge < -0.3 is 15.0 Å². The minimum Gasteiger partial charge on any atom is -0.411 e. The molecular weight excluding hydrogens is 165 g/mol. The summed E-state index contributed by atoms with van der Waals surface area (Å²) in [5.74, 6) is 0. The smallest absolute Gasteiger partial charge is 0.411 e. The molecule has 74 valence electrons. The van der Waals surface area contributed by atoms with Crippen molar-refractivity contribution >= 4 is 7.12 Å². The SMILES string of the molecule is CCOB(OC(C)C)[C@]1(C)C=C1N. The highest BCUT2D eigenvalue weighted by Crippen LogP contribution is 2.51. The van der Waals surface area contributed by atoms with Crippen molar-refractivity contribution in [1.29, 1.82) is 0 Å². The predicted octanol–water partition coefficient (Wildman–Crippen LogP) is 1.55. The van der Waals surface area contributed by atoms with Gasteiger partial charge in [0.05, 0.1) is 5.31 Å². The van der Waals surface area contributed by atoms with Crippen LogP contribution in [0.3, 0.4) is 0 Å². The van der Waals surface area contributed by atoms with Crippen LogP contribution in [-0.2, 0) is 9.31 Å². The van der Waals surface area contributed by atoms with Crippen molar-refractivity contribution in [2.45, 2.75) is 39.1 Å². The van der Waals surface area contributed by atoms with Gasteiger partial charge in [0.15, 0.2) is 0 Å². The van der Waals surface area contributed by atoms with Crippen molar-refractivity contribution < 1.29 is 9.31 Å². The Morgan fingerprint density at radius 3 is 2.46 bits per heavy atom. The summed E-state index contributed by atoms with van der Waals surface area (Å²) in [6.07, 6.45) is 2.14. The van der Waals surface area contributed by atoms with Crippen LogP contribution in [-0.4, -0.2) is 19.8 Å². The van der Waals surface area contributed by atoms with Gasteiger partial charge in [-0.05, 0) is 20.8 Å². The molecule has 0 saturated heterocycles. The highest BCUT2D eigenvalue weighted by Gasteiger charge is 2.51. The third-order valence-corrected chi connectivity index (χ3v) is 2.20. The lowest BCUT2D eigenvalue weighted by atomic mass is 9.66. The second kappa shape index (κ2) is 3.72. The average molecular weight is 183 g/mol. The van der Waals surface area contributed by atoms with Gasteiger partial charge in [-0.25, -0.2) is 0 Å². The highest BCUT2D eigenvalue weighted by atomic mass is 16.6. The first-order chi connectivity index (χ1) is 6.00. The van der Waals surface area contributed by atoms with Crippen LogP contribution in [0.2, 0.25) is 5.31 Å². The first kappa shape index (κ1) is 10.6. The third kappa shape index (κ3) is 2.26. The van der Waals surface area contributed by atoms with E-state index >= 15 is 0 Å². The molecule has 13 heavy (non-hydrogen) atoms. The molecule has 0 aromatic heterocycles. The van der Waals surface area contributed by atoms with Crippen LogP contribution in [0.15, 0.2) is 11.8 Å². The van der Waals surface area contributed by atoms with Gasteiger partial charge in [-0.1, -0.05) is 13.0 Å². The van der Waals surface area contributed by atoms with E-state index < -0.39 is 0 Å². The molecule has 2 N–H and O–H groups in total. The molecule has 3 nitrogen and oxygen atoms in total. The lowest BCUT2D eigenvalue weighted by Crippen LogP contribution is -2.34. The summed E-state index contributed by atoms with van der Waals surface area (Å²) in [7, 11) is -0.225. The van der Waals surface area contributed by atoms with E-state index in [9.17, 15) is 0 Å². The van der Waals surface area contributed by atoms with E-state index in [4.69, 9.17) is 15.0 Å². The van der Waals surface area contributed by atoms with Crippen molar-refractivity contribution in [2.75, 3.05) is 6.61 Å². The fourth-order valence-corrected chi connectivity index (χ4v) is 1.24. The summed E-state index contributed by atoms with van der Waals surface area (Å²) in [5.41, 5.74) is 6.58. The first-order valence-corrected chi connectivity index (χ1v) is 4.76. The van der Waals surface area contributed by atoms with Gasteiger partial charge in [-0.15, -0.1) is 0 Å². The molecule has 0 amide bonds. The molecule has 0 saturated carbocycles. The van der Waals surface area contributed by atoms with Gasteiger partial charge in [0, 0.05) is 18.4 Å². The Morgan fingerprint density at radius 2 is 2.15 bits per heavy atom. The van der Waals surface area contributed by atoms with Gasteiger partial charge in [-0.3, -0.25) is 0 Å². The molecule has 0 aliphatic heterocycles. The zero-order chi connectivity index (χ0) is 10.1. The average Bonchev–Trinajstić information content (AvgIpc) is 2.60. The molecule has 1 aliphatic rings. The summed E-state index contributed by atoms with van der Waals surface area (Å²) in [4.78, 5) is 0. The molecule has 1 aliphatic carbocycles. The number of nitrogens with two attached hydrogens (primary N) is 1. The Bertz CT molecular complexity index is 218. The maximum Gasteiger partial charge on any atom is 0.473 e. The van der Waals surface area contributed by atoms with Crippen LogP contribution >= 0.6 is 0 Å². The van der Waals surface area contributed by atoms with Crippen LogP contribution in [0.5, 0.6) is 0 Å². The Labute approximate surface area is 80.4 Å². The maximum atomic E-state index is 5.71. The summed E-state index contributed by atoms with van der Waals surface area (Å²) in [6.45, 7) is 8.62. The quantitative estimate of drug-likeness (QED) is 0.657. The summed E-state index contributed by atoms with van der Waals surface area (Å²) in [6, 6.07) is 0. The lowest BCUT2D eigenvalue weighted by molar-refractivity contribution is 0.155. The fraction of sp³-hybridized carbons (Fsp3) is 0.778. The van der Waals surface area contributed by atoms with Crippen molar-refractivity contribution in [2.24, 2.45) is 5.73 Å². The topological polar surface area (TPSA) is 44.5 Å². The summed E-state index contributed by atoms with van der Waals surface area (Å²) in [5, 5.41) is -0.166. The Morgan fingerprint density at radius 1 is 1.62 bits per heavy atom. The first-order valence-electron chi connectivity index (χ1n) is 4.76. The zero-order valence-corrected chi connectivity index (χ0v) is 8.83. The number of rotatable bonds is 5. The Hall–Kier alpha value is -0.475. The van der Waals surface area contributed by atoms with Crippen LogP contribution in [0.25, 0.3) is 0 Å². The molecule has 1 atom stereocenters. The number of hydrogen-bond donors (Lipinski definition) is 1. The summed E-state index contributed by atoms with van der Waals surface area (Å²) < 4.78 is 11.1. The monoisotopic (exact) mass is 183 g/mol. The molecule has 0 bridgehead atoms. The van der Waals surface area contributed by atoms with Gasteiger partial charge >= 0.3 is 7.12 Å². The molecule has 0 heterocycles. The second-order valence-electron chi connectivity index (χ2n) is 3.85. The zero-order valence-electron chi connectivity index (χ0n) is 8.83. The highest BCUT2D eigenvalue weighted by molar-refractivity contribution is 6.52. The second-order valence-corrected chi connectivity index (χ2v) is 3.85. The largest absolute Gasteiger partial charge is 0.473 e. The Balaban J connectivity index is 2.49. The van der Waals surface area contributed by atoms with Crippen LogP contribution in [0.4, 0.5) is 0 Å². The molecule has 0 radical (unpaired) electrons. The van der Waals surface area contributed by atoms with Crippen molar-refractivity contribution in [3.63, 3.8) is 0 Å². The standard InChI is InChI=1S/C9H18BNO2/c1-5-12-10(13-7(2)3)9(4)6-8(9)11/h6-7H,5,11H2,1-4H3/t9-/m1/s1. The minimum absolute atomic E-state index is 0.162. The van der Waals surface area contributed by atoms with Gasteiger partial charge in [0.1, 0.15) is 0 Å². The molecule has 4 heteroatoms. The lowest BCUT2D eigenvalue weighted by Gasteiger charge is -2.22. The molecule has 0 aromatic carbocycles. The van der Waals surface area contributed by atoms with E-state index in [0.717, 1.165) is 5.70 Å². The molecule has 0 aromatic rings. The minimum atomic E-state index is -0.225. The molecule has 0 spiro atoms. The van der Waals surface area contributed by atoms with Gasteiger partial charge in [0.2, 0.25) is 0 Å². The van der Waals surface area contributed by atoms with E-state index in [-0.39, 0.29) is 18.5 Å². The van der Waals surface area contributed by atoms with E-state index in [1.807, 2.05) is 33.8 Å². The normalized spacial score (nSPS) is 26.1. The number of hydrogen-bond acceptors (Lipinski definition) is 3. The van der Waals surface area contributed by atoms with Crippen LogP contribution in [0, 0.1) is 0 Å². The Kier molecular flexibility index (Phi) is 3.03. The van der Waals surface area contributed by atoms with E-state index in [1.165, 1.54) is 0 Å². The van der Waals surface area contributed by atoms with Crippen molar-refractivity contribution in [3.05, 3.63) is 11.8 Å². The van der Waals surface area contributed by atoms with Crippen LogP contribution in [0.1, 0.15) is 27.7 Å². The fourth-order valence-electron chi connectivity index (χ4n) is 1.24. The number of allylic oxidation sites excluding steroid dienone is 2. The van der Waals surface area contributed by atoms with Crippen molar-refractivity contribution in [3.8, 4) is 0 Å². The van der Waals surface area contributed by atoms with E-state index in [0.29, 0.717) is 6.61 Å². The van der Waals surface area contributed by atoms with Gasteiger partial charge in [-0.2, -0.15) is 0 Å². The third-order valence-electron chi connectivity index (χ3n) is 2.20. The van der Waals surface area contributed by atoms with Gasteiger partial charge in [0.25, 0.3) is 0 Å². The molecule has 1 rings (SSSR count). The molecular formula is C9H18BNO2. The molecule has 0 fully saturated rings. The molecule has 0 unspecified atom stereocenters. The van der Waals surface area contributed by atoms with E-state index in [1.54, 1.807) is 0 Å². The maximum absolute atomic E-state index is 5.71.